The van der Waals surface area contributed by atoms with Crippen molar-refractivity contribution in [2.45, 2.75) is 32.1 Å². The van der Waals surface area contributed by atoms with Crippen LogP contribution in [0.3, 0.4) is 0 Å². The molecule has 2 aromatic rings. The van der Waals surface area contributed by atoms with Gasteiger partial charge in [-0.25, -0.2) is 4.98 Å². The first-order valence-corrected chi connectivity index (χ1v) is 7.21. The van der Waals surface area contributed by atoms with Crippen LogP contribution >= 0.6 is 0 Å². The molecule has 0 unspecified atom stereocenters. The van der Waals surface area contributed by atoms with Crippen LogP contribution < -0.4 is 5.32 Å². The summed E-state index contributed by atoms with van der Waals surface area (Å²) in [5.74, 6) is 0.996. The van der Waals surface area contributed by atoms with E-state index in [4.69, 9.17) is 0 Å². The van der Waals surface area contributed by atoms with E-state index >= 15 is 0 Å². The van der Waals surface area contributed by atoms with Gasteiger partial charge in [0.25, 0.3) is 5.91 Å². The quantitative estimate of drug-likeness (QED) is 0.818. The monoisotopic (exact) mass is 269 g/mol. The minimum Gasteiger partial charge on any atom is -0.352 e. The van der Waals surface area contributed by atoms with Crippen molar-refractivity contribution in [1.29, 1.82) is 0 Å². The topological polar surface area (TPSA) is 57.8 Å². The van der Waals surface area contributed by atoms with Gasteiger partial charge in [0, 0.05) is 30.9 Å². The lowest BCUT2D eigenvalue weighted by Crippen LogP contribution is -2.25. The Morgan fingerprint density at radius 3 is 3.05 bits per heavy atom. The number of imidazole rings is 1. The first-order chi connectivity index (χ1) is 9.83. The standard InChI is InChI=1S/C16H19N3O/c20-16(19-8-2-5-15-17-9-10-18-15)14-7-6-12-3-1-4-13(12)11-14/h6-7,9-11H,1-5,8H2,(H,17,18)(H,19,20). The summed E-state index contributed by atoms with van der Waals surface area (Å²) in [6, 6.07) is 6.08. The molecule has 3 rings (SSSR count). The van der Waals surface area contributed by atoms with Crippen molar-refractivity contribution in [3.8, 4) is 0 Å². The first-order valence-electron chi connectivity index (χ1n) is 7.21. The molecule has 1 aliphatic carbocycles. The van der Waals surface area contributed by atoms with E-state index in [1.807, 2.05) is 18.3 Å². The second-order valence-corrected chi connectivity index (χ2v) is 5.23. The summed E-state index contributed by atoms with van der Waals surface area (Å²) in [4.78, 5) is 19.3. The number of nitrogens with one attached hydrogen (secondary N) is 2. The van der Waals surface area contributed by atoms with E-state index < -0.39 is 0 Å². The van der Waals surface area contributed by atoms with Crippen molar-refractivity contribution in [3.05, 3.63) is 53.1 Å². The Kier molecular flexibility index (Phi) is 3.81. The molecule has 0 bridgehead atoms. The Bertz CT molecular complexity index is 590. The van der Waals surface area contributed by atoms with E-state index in [0.717, 1.165) is 37.1 Å². The maximum atomic E-state index is 12.1. The zero-order chi connectivity index (χ0) is 13.8. The zero-order valence-electron chi connectivity index (χ0n) is 11.5. The minimum absolute atomic E-state index is 0.0270. The lowest BCUT2D eigenvalue weighted by atomic mass is 10.1. The SMILES string of the molecule is O=C(NCCCc1ncc[nH]1)c1ccc2c(c1)CCC2. The van der Waals surface area contributed by atoms with Crippen LogP contribution in [0.5, 0.6) is 0 Å². The third-order valence-electron chi connectivity index (χ3n) is 3.79. The van der Waals surface area contributed by atoms with Gasteiger partial charge in [-0.15, -0.1) is 0 Å². The number of aryl methyl sites for hydroxylation is 3. The highest BCUT2D eigenvalue weighted by Crippen LogP contribution is 2.22. The molecule has 4 heteroatoms. The largest absolute Gasteiger partial charge is 0.352 e. The van der Waals surface area contributed by atoms with Crippen molar-refractivity contribution in [2.24, 2.45) is 0 Å². The predicted octanol–water partition coefficient (Wildman–Crippen LogP) is 2.26. The van der Waals surface area contributed by atoms with E-state index in [9.17, 15) is 4.79 Å². The van der Waals surface area contributed by atoms with Gasteiger partial charge >= 0.3 is 0 Å². The summed E-state index contributed by atoms with van der Waals surface area (Å²) in [5, 5.41) is 2.97. The van der Waals surface area contributed by atoms with Gasteiger partial charge in [-0.2, -0.15) is 0 Å². The Hall–Kier alpha value is -2.10. The molecule has 1 aromatic carbocycles. The third kappa shape index (κ3) is 2.90. The maximum absolute atomic E-state index is 12.1. The van der Waals surface area contributed by atoms with Crippen LogP contribution in [0.2, 0.25) is 0 Å². The summed E-state index contributed by atoms with van der Waals surface area (Å²) in [5.41, 5.74) is 3.52. The van der Waals surface area contributed by atoms with Crippen LogP contribution in [0.4, 0.5) is 0 Å². The van der Waals surface area contributed by atoms with Crippen molar-refractivity contribution in [1.82, 2.24) is 15.3 Å². The highest BCUT2D eigenvalue weighted by molar-refractivity contribution is 5.94. The maximum Gasteiger partial charge on any atom is 0.251 e. The summed E-state index contributed by atoms with van der Waals surface area (Å²) >= 11 is 0. The molecule has 20 heavy (non-hydrogen) atoms. The predicted molar refractivity (Wildman–Crippen MR) is 77.7 cm³/mol. The van der Waals surface area contributed by atoms with Gasteiger partial charge in [-0.1, -0.05) is 6.07 Å². The first kappa shape index (κ1) is 12.9. The van der Waals surface area contributed by atoms with E-state index in [-0.39, 0.29) is 5.91 Å². The number of carbonyl (C=O) groups excluding carboxylic acids is 1. The molecule has 0 aliphatic heterocycles. The van der Waals surface area contributed by atoms with Crippen LogP contribution in [-0.4, -0.2) is 22.4 Å². The number of amides is 1. The normalized spacial score (nSPS) is 13.2. The summed E-state index contributed by atoms with van der Waals surface area (Å²) < 4.78 is 0. The van der Waals surface area contributed by atoms with Crippen molar-refractivity contribution in [3.63, 3.8) is 0 Å². The lowest BCUT2D eigenvalue weighted by molar-refractivity contribution is 0.0953. The molecule has 2 N–H and O–H groups in total. The van der Waals surface area contributed by atoms with Gasteiger partial charge in [-0.05, 0) is 48.9 Å². The van der Waals surface area contributed by atoms with Crippen LogP contribution in [0.25, 0.3) is 0 Å². The molecule has 1 aliphatic rings. The molecule has 0 spiro atoms. The third-order valence-corrected chi connectivity index (χ3v) is 3.79. The Morgan fingerprint density at radius 2 is 2.20 bits per heavy atom. The highest BCUT2D eigenvalue weighted by Gasteiger charge is 2.13. The van der Waals surface area contributed by atoms with Crippen molar-refractivity contribution < 1.29 is 4.79 Å². The molecule has 0 saturated heterocycles. The number of fused-ring (bicyclic) bond motifs is 1. The second kappa shape index (κ2) is 5.90. The van der Waals surface area contributed by atoms with Gasteiger partial charge in [-0.3, -0.25) is 4.79 Å². The van der Waals surface area contributed by atoms with Gasteiger partial charge in [0.05, 0.1) is 0 Å². The molecule has 0 atom stereocenters. The number of aromatic amines is 1. The zero-order valence-corrected chi connectivity index (χ0v) is 11.5. The Balaban J connectivity index is 1.49. The number of benzene rings is 1. The van der Waals surface area contributed by atoms with Crippen molar-refractivity contribution in [2.75, 3.05) is 6.54 Å². The number of aromatic nitrogens is 2. The smallest absolute Gasteiger partial charge is 0.251 e. The number of rotatable bonds is 5. The van der Waals surface area contributed by atoms with E-state index in [1.54, 1.807) is 6.20 Å². The van der Waals surface area contributed by atoms with E-state index in [2.05, 4.69) is 21.4 Å². The fourth-order valence-electron chi connectivity index (χ4n) is 2.71. The minimum atomic E-state index is 0.0270. The summed E-state index contributed by atoms with van der Waals surface area (Å²) in [6.07, 6.45) is 8.79. The van der Waals surface area contributed by atoms with Gasteiger partial charge in [0.1, 0.15) is 5.82 Å². The van der Waals surface area contributed by atoms with Crippen molar-refractivity contribution >= 4 is 5.91 Å². The van der Waals surface area contributed by atoms with E-state index in [0.29, 0.717) is 6.54 Å². The highest BCUT2D eigenvalue weighted by atomic mass is 16.1. The molecule has 0 fully saturated rings. The number of H-pyrrole nitrogens is 1. The second-order valence-electron chi connectivity index (χ2n) is 5.23. The summed E-state index contributed by atoms with van der Waals surface area (Å²) in [6.45, 7) is 0.677. The molecule has 1 amide bonds. The fourth-order valence-corrected chi connectivity index (χ4v) is 2.71. The van der Waals surface area contributed by atoms with Gasteiger partial charge in [0.2, 0.25) is 0 Å². The molecule has 1 heterocycles. The average Bonchev–Trinajstić information content (AvgIpc) is 3.13. The summed E-state index contributed by atoms with van der Waals surface area (Å²) in [7, 11) is 0. The number of hydrogen-bond acceptors (Lipinski definition) is 2. The Labute approximate surface area is 118 Å². The Morgan fingerprint density at radius 1 is 1.30 bits per heavy atom. The molecular weight excluding hydrogens is 250 g/mol. The molecule has 4 nitrogen and oxygen atoms in total. The fraction of sp³-hybridized carbons (Fsp3) is 0.375. The molecule has 104 valence electrons. The van der Waals surface area contributed by atoms with Gasteiger partial charge < -0.3 is 10.3 Å². The number of hydrogen-bond donors (Lipinski definition) is 2. The number of nitrogens with zero attached hydrogens (tertiary/aromatic N) is 1. The number of carbonyl (C=O) groups is 1. The van der Waals surface area contributed by atoms with Gasteiger partial charge in [0.15, 0.2) is 0 Å². The van der Waals surface area contributed by atoms with Crippen LogP contribution in [-0.2, 0) is 19.3 Å². The lowest BCUT2D eigenvalue weighted by Gasteiger charge is -2.06. The molecule has 1 aromatic heterocycles. The van der Waals surface area contributed by atoms with E-state index in [1.165, 1.54) is 17.5 Å². The van der Waals surface area contributed by atoms with Crippen LogP contribution in [0.15, 0.2) is 30.6 Å². The molecule has 0 saturated carbocycles. The van der Waals surface area contributed by atoms with Crippen LogP contribution in [0.1, 0.15) is 40.2 Å². The van der Waals surface area contributed by atoms with Crippen LogP contribution in [0, 0.1) is 0 Å². The molecule has 0 radical (unpaired) electrons. The average molecular weight is 269 g/mol. The molecular formula is C16H19N3O.